The van der Waals surface area contributed by atoms with Crippen molar-refractivity contribution in [2.45, 2.75) is 41.2 Å². The van der Waals surface area contributed by atoms with Gasteiger partial charge in [0, 0.05) is 30.4 Å². The molecule has 2 aliphatic heterocycles. The zero-order valence-electron chi connectivity index (χ0n) is 17.9. The average molecular weight is 474 g/mol. The van der Waals surface area contributed by atoms with Crippen LogP contribution in [0.4, 0.5) is 5.69 Å². The molecular formula is C23H27N3O4S2. The molecule has 2 aromatic rings. The van der Waals surface area contributed by atoms with E-state index in [0.717, 1.165) is 11.3 Å². The highest BCUT2D eigenvalue weighted by molar-refractivity contribution is 8.01. The number of benzene rings is 2. The number of nitrogens with zero attached hydrogens (tertiary/aromatic N) is 1. The number of thioether (sulfide) groups is 1. The van der Waals surface area contributed by atoms with Gasteiger partial charge in [0.2, 0.25) is 21.8 Å². The lowest BCUT2D eigenvalue weighted by atomic mass is 9.97. The number of hydrogen-bond donors (Lipinski definition) is 2. The molecule has 170 valence electrons. The van der Waals surface area contributed by atoms with Crippen LogP contribution in [0, 0.1) is 5.92 Å². The third kappa shape index (κ3) is 5.00. The van der Waals surface area contributed by atoms with Crippen LogP contribution < -0.4 is 10.6 Å². The first-order chi connectivity index (χ1) is 15.3. The first-order valence-electron chi connectivity index (χ1n) is 10.8. The van der Waals surface area contributed by atoms with Crippen LogP contribution >= 0.6 is 11.8 Å². The van der Waals surface area contributed by atoms with Crippen LogP contribution in [0.15, 0.2) is 58.3 Å². The molecular weight excluding hydrogens is 446 g/mol. The Morgan fingerprint density at radius 1 is 1.16 bits per heavy atom. The number of piperidine rings is 1. The second-order valence-electron chi connectivity index (χ2n) is 8.11. The van der Waals surface area contributed by atoms with Crippen molar-refractivity contribution in [3.63, 3.8) is 0 Å². The number of sulfonamides is 1. The Kier molecular flexibility index (Phi) is 6.88. The molecule has 32 heavy (non-hydrogen) atoms. The molecule has 1 fully saturated rings. The van der Waals surface area contributed by atoms with E-state index in [1.807, 2.05) is 37.3 Å². The van der Waals surface area contributed by atoms with E-state index < -0.39 is 10.0 Å². The maximum atomic E-state index is 13.1. The van der Waals surface area contributed by atoms with Gasteiger partial charge in [-0.2, -0.15) is 4.31 Å². The quantitative estimate of drug-likeness (QED) is 0.673. The Morgan fingerprint density at radius 2 is 1.88 bits per heavy atom. The minimum absolute atomic E-state index is 0.0133. The molecule has 2 aliphatic rings. The highest BCUT2D eigenvalue weighted by atomic mass is 32.2. The maximum Gasteiger partial charge on any atom is 0.243 e. The molecule has 4 rings (SSSR count). The van der Waals surface area contributed by atoms with E-state index in [1.54, 1.807) is 12.1 Å². The van der Waals surface area contributed by atoms with Crippen molar-refractivity contribution < 1.29 is 18.0 Å². The van der Waals surface area contributed by atoms with Gasteiger partial charge in [-0.25, -0.2) is 8.42 Å². The third-order valence-corrected chi connectivity index (χ3v) is 8.97. The lowest BCUT2D eigenvalue weighted by Crippen LogP contribution is -2.43. The molecule has 0 unspecified atom stereocenters. The fourth-order valence-electron chi connectivity index (χ4n) is 3.97. The van der Waals surface area contributed by atoms with Crippen LogP contribution in [-0.2, 0) is 26.0 Å². The summed E-state index contributed by atoms with van der Waals surface area (Å²) in [4.78, 5) is 25.5. The van der Waals surface area contributed by atoms with E-state index in [0.29, 0.717) is 38.2 Å². The largest absolute Gasteiger partial charge is 0.356 e. The fourth-order valence-corrected chi connectivity index (χ4v) is 6.40. The molecule has 1 atom stereocenters. The first kappa shape index (κ1) is 22.8. The van der Waals surface area contributed by atoms with Gasteiger partial charge in [-0.1, -0.05) is 30.3 Å². The van der Waals surface area contributed by atoms with Gasteiger partial charge in [0.05, 0.1) is 15.8 Å². The van der Waals surface area contributed by atoms with E-state index >= 15 is 0 Å². The predicted octanol–water partition coefficient (Wildman–Crippen LogP) is 2.88. The van der Waals surface area contributed by atoms with Crippen molar-refractivity contribution in [2.75, 3.05) is 25.0 Å². The van der Waals surface area contributed by atoms with Gasteiger partial charge in [-0.15, -0.1) is 11.8 Å². The normalized spacial score (nSPS) is 19.8. The minimum Gasteiger partial charge on any atom is -0.356 e. The number of carbonyl (C=O) groups excluding carboxylic acids is 2. The van der Waals surface area contributed by atoms with Crippen LogP contribution in [0.2, 0.25) is 0 Å². The predicted molar refractivity (Wildman–Crippen MR) is 125 cm³/mol. The fraction of sp³-hybridized carbons (Fsp3) is 0.391. The second-order valence-corrected chi connectivity index (χ2v) is 11.4. The SMILES string of the molecule is C[C@H]1Sc2ccc(S(=O)(=O)N3CCC(C(=O)NCCc4ccccc4)CC3)cc2NC1=O. The van der Waals surface area contributed by atoms with E-state index in [4.69, 9.17) is 0 Å². The van der Waals surface area contributed by atoms with Crippen LogP contribution in [0.1, 0.15) is 25.3 Å². The number of anilines is 1. The van der Waals surface area contributed by atoms with Gasteiger partial charge in [0.15, 0.2) is 0 Å². The zero-order valence-corrected chi connectivity index (χ0v) is 19.5. The molecule has 2 amide bonds. The molecule has 7 nitrogen and oxygen atoms in total. The summed E-state index contributed by atoms with van der Waals surface area (Å²) < 4.78 is 27.7. The zero-order chi connectivity index (χ0) is 22.7. The number of amides is 2. The van der Waals surface area contributed by atoms with Gasteiger partial charge in [0.25, 0.3) is 0 Å². The number of nitrogens with one attached hydrogen (secondary N) is 2. The molecule has 2 heterocycles. The molecule has 0 spiro atoms. The average Bonchev–Trinajstić information content (AvgIpc) is 2.80. The summed E-state index contributed by atoms with van der Waals surface area (Å²) in [6.07, 6.45) is 1.75. The van der Waals surface area contributed by atoms with Crippen LogP contribution in [-0.4, -0.2) is 49.4 Å². The number of fused-ring (bicyclic) bond motifs is 1. The van der Waals surface area contributed by atoms with Crippen molar-refractivity contribution in [3.05, 3.63) is 54.1 Å². The number of rotatable bonds is 6. The van der Waals surface area contributed by atoms with Crippen LogP contribution in [0.25, 0.3) is 0 Å². The maximum absolute atomic E-state index is 13.1. The topological polar surface area (TPSA) is 95.6 Å². The summed E-state index contributed by atoms with van der Waals surface area (Å²) in [5.41, 5.74) is 1.70. The molecule has 1 saturated heterocycles. The molecule has 0 radical (unpaired) electrons. The molecule has 0 saturated carbocycles. The van der Waals surface area contributed by atoms with E-state index in [-0.39, 0.29) is 27.9 Å². The van der Waals surface area contributed by atoms with Gasteiger partial charge >= 0.3 is 0 Å². The van der Waals surface area contributed by atoms with Crippen molar-refractivity contribution in [1.82, 2.24) is 9.62 Å². The Bertz CT molecular complexity index is 1100. The second kappa shape index (κ2) is 9.64. The Balaban J connectivity index is 1.33. The minimum atomic E-state index is -3.69. The van der Waals surface area contributed by atoms with Gasteiger partial charge in [0.1, 0.15) is 0 Å². The standard InChI is InChI=1S/C23H27N3O4S2/c1-16-22(27)25-20-15-19(7-8-21(20)31-16)32(29,30)26-13-10-18(11-14-26)23(28)24-12-9-17-5-3-2-4-6-17/h2-8,15-16,18H,9-14H2,1H3,(H,24,28)(H,25,27)/t16-/m1/s1. The van der Waals surface area contributed by atoms with Crippen molar-refractivity contribution >= 4 is 39.3 Å². The molecule has 9 heteroatoms. The van der Waals surface area contributed by atoms with Crippen LogP contribution in [0.3, 0.4) is 0 Å². The summed E-state index contributed by atoms with van der Waals surface area (Å²) in [6.45, 7) is 2.98. The third-order valence-electron chi connectivity index (χ3n) is 5.90. The molecule has 2 N–H and O–H groups in total. The Labute approximate surface area is 193 Å². The Hall–Kier alpha value is -2.36. The summed E-state index contributed by atoms with van der Waals surface area (Å²) in [7, 11) is -3.69. The first-order valence-corrected chi connectivity index (χ1v) is 13.1. The van der Waals surface area contributed by atoms with Crippen LogP contribution in [0.5, 0.6) is 0 Å². The number of carbonyl (C=O) groups is 2. The lowest BCUT2D eigenvalue weighted by molar-refractivity contribution is -0.126. The van der Waals surface area contributed by atoms with E-state index in [1.165, 1.54) is 27.7 Å². The van der Waals surface area contributed by atoms with Crippen molar-refractivity contribution in [2.24, 2.45) is 5.92 Å². The smallest absolute Gasteiger partial charge is 0.243 e. The highest BCUT2D eigenvalue weighted by Crippen LogP contribution is 2.37. The van der Waals surface area contributed by atoms with Crippen molar-refractivity contribution in [3.8, 4) is 0 Å². The van der Waals surface area contributed by atoms with Crippen molar-refractivity contribution in [1.29, 1.82) is 0 Å². The summed E-state index contributed by atoms with van der Waals surface area (Å²) in [5, 5.41) is 5.56. The van der Waals surface area contributed by atoms with Gasteiger partial charge < -0.3 is 10.6 Å². The Morgan fingerprint density at radius 3 is 2.59 bits per heavy atom. The molecule has 0 aromatic heterocycles. The van der Waals surface area contributed by atoms with Gasteiger partial charge in [-0.3, -0.25) is 9.59 Å². The highest BCUT2D eigenvalue weighted by Gasteiger charge is 2.33. The monoisotopic (exact) mass is 473 g/mol. The lowest BCUT2D eigenvalue weighted by Gasteiger charge is -2.31. The summed E-state index contributed by atoms with van der Waals surface area (Å²) >= 11 is 1.42. The van der Waals surface area contributed by atoms with E-state index in [2.05, 4.69) is 10.6 Å². The van der Waals surface area contributed by atoms with Gasteiger partial charge in [-0.05, 0) is 49.9 Å². The molecule has 0 bridgehead atoms. The summed E-state index contributed by atoms with van der Waals surface area (Å²) in [5.74, 6) is -0.324. The molecule has 2 aromatic carbocycles. The number of hydrogen-bond acceptors (Lipinski definition) is 5. The van der Waals surface area contributed by atoms with E-state index in [9.17, 15) is 18.0 Å². The summed E-state index contributed by atoms with van der Waals surface area (Å²) in [6, 6.07) is 14.8. The molecule has 0 aliphatic carbocycles.